The van der Waals surface area contributed by atoms with Crippen LogP contribution in [0.2, 0.25) is 0 Å². The molecule has 4 heteroatoms. The highest BCUT2D eigenvalue weighted by atomic mass is 16.2. The molecule has 1 amide bonds. The lowest BCUT2D eigenvalue weighted by molar-refractivity contribution is -0.132. The molecule has 1 fully saturated rings. The van der Waals surface area contributed by atoms with Gasteiger partial charge >= 0.3 is 0 Å². The second-order valence-corrected chi connectivity index (χ2v) is 4.24. The number of rotatable bonds is 5. The van der Waals surface area contributed by atoms with Crippen molar-refractivity contribution in [2.45, 2.75) is 45.7 Å². The molecule has 0 aliphatic heterocycles. The first-order chi connectivity index (χ1) is 7.76. The highest BCUT2D eigenvalue weighted by molar-refractivity contribution is 5.76. The summed E-state index contributed by atoms with van der Waals surface area (Å²) in [5.74, 6) is 1.21. The molecule has 1 heterocycles. The molecule has 0 unspecified atom stereocenters. The van der Waals surface area contributed by atoms with E-state index in [9.17, 15) is 4.79 Å². The van der Waals surface area contributed by atoms with E-state index in [4.69, 9.17) is 0 Å². The molecule has 1 aromatic heterocycles. The summed E-state index contributed by atoms with van der Waals surface area (Å²) in [6.45, 7) is 5.36. The Bertz CT molecular complexity index is 368. The molecule has 0 saturated heterocycles. The molecule has 0 spiro atoms. The molecule has 0 bridgehead atoms. The van der Waals surface area contributed by atoms with E-state index in [1.165, 1.54) is 12.8 Å². The predicted octanol–water partition coefficient (Wildman–Crippen LogP) is 1.46. The fourth-order valence-corrected chi connectivity index (χ4v) is 2.06. The minimum Gasteiger partial charge on any atom is -0.338 e. The van der Waals surface area contributed by atoms with E-state index >= 15 is 0 Å². The minimum absolute atomic E-state index is 0.220. The van der Waals surface area contributed by atoms with Gasteiger partial charge in [-0.3, -0.25) is 4.79 Å². The van der Waals surface area contributed by atoms with Gasteiger partial charge in [-0.05, 0) is 19.8 Å². The highest BCUT2D eigenvalue weighted by Crippen LogP contribution is 2.26. The molecule has 1 aliphatic rings. The first-order valence-corrected chi connectivity index (χ1v) is 6.05. The van der Waals surface area contributed by atoms with Crippen molar-refractivity contribution in [3.05, 3.63) is 18.2 Å². The van der Waals surface area contributed by atoms with Crippen molar-refractivity contribution in [2.75, 3.05) is 6.54 Å². The molecule has 0 aromatic carbocycles. The Hall–Kier alpha value is -1.32. The van der Waals surface area contributed by atoms with Crippen molar-refractivity contribution in [3.63, 3.8) is 0 Å². The zero-order valence-electron chi connectivity index (χ0n) is 10.0. The number of hydrogen-bond donors (Lipinski definition) is 0. The first kappa shape index (κ1) is 11.2. The molecule has 0 atom stereocenters. The van der Waals surface area contributed by atoms with Crippen LogP contribution in [0.5, 0.6) is 0 Å². The number of aromatic nitrogens is 2. The lowest BCUT2D eigenvalue weighted by atomic mass is 10.4. The Morgan fingerprint density at radius 2 is 2.31 bits per heavy atom. The van der Waals surface area contributed by atoms with E-state index in [0.29, 0.717) is 12.6 Å². The topological polar surface area (TPSA) is 38.1 Å². The normalized spacial score (nSPS) is 15.1. The number of likely N-dealkylation sites (N-methyl/N-ethyl adjacent to an activating group) is 1. The Kier molecular flexibility index (Phi) is 3.27. The Labute approximate surface area is 96.3 Å². The molecule has 0 N–H and O–H groups in total. The Morgan fingerprint density at radius 1 is 1.56 bits per heavy atom. The fourth-order valence-electron chi connectivity index (χ4n) is 2.06. The average Bonchev–Trinajstić information content (AvgIpc) is 3.00. The van der Waals surface area contributed by atoms with Gasteiger partial charge in [0.15, 0.2) is 0 Å². The third-order valence-corrected chi connectivity index (χ3v) is 3.07. The maximum Gasteiger partial charge on any atom is 0.242 e. The summed E-state index contributed by atoms with van der Waals surface area (Å²) >= 11 is 0. The molecular weight excluding hydrogens is 202 g/mol. The third-order valence-electron chi connectivity index (χ3n) is 3.07. The van der Waals surface area contributed by atoms with E-state index in [1.54, 1.807) is 6.20 Å². The van der Waals surface area contributed by atoms with E-state index < -0.39 is 0 Å². The molecular formula is C12H19N3O. The molecule has 1 saturated carbocycles. The summed E-state index contributed by atoms with van der Waals surface area (Å²) in [4.78, 5) is 18.3. The molecule has 1 aliphatic carbocycles. The minimum atomic E-state index is 0.220. The SMILES string of the molecule is CCc1nccn1CC(=O)N(CC)C1CC1. The van der Waals surface area contributed by atoms with Crippen molar-refractivity contribution in [1.29, 1.82) is 0 Å². The maximum atomic E-state index is 12.1. The van der Waals surface area contributed by atoms with Gasteiger partial charge in [-0.25, -0.2) is 4.98 Å². The van der Waals surface area contributed by atoms with Crippen molar-refractivity contribution < 1.29 is 4.79 Å². The number of carbonyl (C=O) groups excluding carboxylic acids is 1. The van der Waals surface area contributed by atoms with Crippen LogP contribution in [-0.2, 0) is 17.8 Å². The van der Waals surface area contributed by atoms with Crippen LogP contribution < -0.4 is 0 Å². The molecule has 4 nitrogen and oxygen atoms in total. The molecule has 1 aromatic rings. The highest BCUT2D eigenvalue weighted by Gasteiger charge is 2.31. The van der Waals surface area contributed by atoms with Gasteiger partial charge in [0.1, 0.15) is 12.4 Å². The van der Waals surface area contributed by atoms with E-state index in [2.05, 4.69) is 11.9 Å². The zero-order chi connectivity index (χ0) is 11.5. The monoisotopic (exact) mass is 221 g/mol. The lowest BCUT2D eigenvalue weighted by Gasteiger charge is -2.20. The largest absolute Gasteiger partial charge is 0.338 e. The van der Waals surface area contributed by atoms with E-state index in [0.717, 1.165) is 18.8 Å². The van der Waals surface area contributed by atoms with Crippen molar-refractivity contribution in [3.8, 4) is 0 Å². The Balaban J connectivity index is 2.00. The second-order valence-electron chi connectivity index (χ2n) is 4.24. The van der Waals surface area contributed by atoms with Gasteiger partial charge in [-0.1, -0.05) is 6.92 Å². The van der Waals surface area contributed by atoms with Crippen LogP contribution in [0.3, 0.4) is 0 Å². The zero-order valence-corrected chi connectivity index (χ0v) is 10.0. The molecule has 16 heavy (non-hydrogen) atoms. The van der Waals surface area contributed by atoms with Gasteiger partial charge in [0, 0.05) is 31.4 Å². The van der Waals surface area contributed by atoms with Crippen LogP contribution in [0.25, 0.3) is 0 Å². The van der Waals surface area contributed by atoms with Gasteiger partial charge in [0.25, 0.3) is 0 Å². The van der Waals surface area contributed by atoms with Crippen molar-refractivity contribution >= 4 is 5.91 Å². The quantitative estimate of drug-likeness (QED) is 0.755. The number of imidazole rings is 1. The molecule has 2 rings (SSSR count). The van der Waals surface area contributed by atoms with Gasteiger partial charge in [0.2, 0.25) is 5.91 Å². The van der Waals surface area contributed by atoms with Gasteiger partial charge in [-0.2, -0.15) is 0 Å². The van der Waals surface area contributed by atoms with Crippen LogP contribution in [-0.4, -0.2) is 32.9 Å². The van der Waals surface area contributed by atoms with Crippen LogP contribution in [0.15, 0.2) is 12.4 Å². The van der Waals surface area contributed by atoms with E-state index in [-0.39, 0.29) is 5.91 Å². The fraction of sp³-hybridized carbons (Fsp3) is 0.667. The van der Waals surface area contributed by atoms with Gasteiger partial charge in [-0.15, -0.1) is 0 Å². The summed E-state index contributed by atoms with van der Waals surface area (Å²) in [7, 11) is 0. The van der Waals surface area contributed by atoms with Crippen LogP contribution >= 0.6 is 0 Å². The lowest BCUT2D eigenvalue weighted by Crippen LogP contribution is -2.35. The van der Waals surface area contributed by atoms with Crippen molar-refractivity contribution in [2.24, 2.45) is 0 Å². The maximum absolute atomic E-state index is 12.1. The van der Waals surface area contributed by atoms with E-state index in [1.807, 2.05) is 22.6 Å². The van der Waals surface area contributed by atoms with Crippen molar-refractivity contribution in [1.82, 2.24) is 14.5 Å². The third kappa shape index (κ3) is 2.26. The number of hydrogen-bond acceptors (Lipinski definition) is 2. The standard InChI is InChI=1S/C12H19N3O/c1-3-11-13-7-8-14(11)9-12(16)15(4-2)10-5-6-10/h7-8,10H,3-6,9H2,1-2H3. The predicted molar refractivity (Wildman–Crippen MR) is 62.0 cm³/mol. The van der Waals surface area contributed by atoms with Gasteiger partial charge in [0.05, 0.1) is 0 Å². The number of carbonyl (C=O) groups is 1. The second kappa shape index (κ2) is 4.68. The first-order valence-electron chi connectivity index (χ1n) is 6.05. The smallest absolute Gasteiger partial charge is 0.242 e. The molecule has 88 valence electrons. The number of aryl methyl sites for hydroxylation is 1. The summed E-state index contributed by atoms with van der Waals surface area (Å²) in [5.41, 5.74) is 0. The average molecular weight is 221 g/mol. The summed E-state index contributed by atoms with van der Waals surface area (Å²) in [5, 5.41) is 0. The molecule has 0 radical (unpaired) electrons. The summed E-state index contributed by atoms with van der Waals surface area (Å²) < 4.78 is 1.95. The Morgan fingerprint density at radius 3 is 2.88 bits per heavy atom. The van der Waals surface area contributed by atoms with Crippen LogP contribution in [0.4, 0.5) is 0 Å². The summed E-state index contributed by atoms with van der Waals surface area (Å²) in [6.07, 6.45) is 6.86. The van der Waals surface area contributed by atoms with Gasteiger partial charge < -0.3 is 9.47 Å². The van der Waals surface area contributed by atoms with Crippen LogP contribution in [0, 0.1) is 0 Å². The van der Waals surface area contributed by atoms with Crippen LogP contribution in [0.1, 0.15) is 32.5 Å². The number of nitrogens with zero attached hydrogens (tertiary/aromatic N) is 3. The summed E-state index contributed by atoms with van der Waals surface area (Å²) in [6, 6.07) is 0.506. The number of amides is 1.